The molecule has 6 nitrogen and oxygen atoms in total. The van der Waals surface area contributed by atoms with E-state index in [0.717, 1.165) is 36.4 Å². The van der Waals surface area contributed by atoms with Crippen LogP contribution < -0.4 is 10.2 Å². The summed E-state index contributed by atoms with van der Waals surface area (Å²) in [5.74, 6) is -1.24. The molecule has 1 fully saturated rings. The molecule has 0 atom stereocenters. The van der Waals surface area contributed by atoms with Crippen molar-refractivity contribution >= 4 is 29.6 Å². The van der Waals surface area contributed by atoms with Crippen molar-refractivity contribution in [1.82, 2.24) is 10.2 Å². The number of carbonyl (C=O) groups excluding carboxylic acids is 3. The molecule has 2 aliphatic rings. The van der Waals surface area contributed by atoms with Gasteiger partial charge in [-0.3, -0.25) is 19.8 Å². The second-order valence-corrected chi connectivity index (χ2v) is 7.08. The number of carbonyl (C=O) groups is 3. The van der Waals surface area contributed by atoms with Gasteiger partial charge in [0.05, 0.1) is 0 Å². The van der Waals surface area contributed by atoms with Crippen molar-refractivity contribution in [3.63, 3.8) is 0 Å². The highest BCUT2D eigenvalue weighted by molar-refractivity contribution is 6.30. The van der Waals surface area contributed by atoms with E-state index < -0.39 is 17.8 Å². The van der Waals surface area contributed by atoms with E-state index in [0.29, 0.717) is 0 Å². The number of fused-ring (bicyclic) bond motifs is 1. The average molecular weight is 375 g/mol. The molecule has 2 aliphatic heterocycles. The van der Waals surface area contributed by atoms with Gasteiger partial charge in [-0.15, -0.1) is 0 Å². The Kier molecular flexibility index (Phi) is 4.69. The molecule has 0 unspecified atom stereocenters. The van der Waals surface area contributed by atoms with Crippen molar-refractivity contribution < 1.29 is 14.4 Å². The predicted molar refractivity (Wildman–Crippen MR) is 107 cm³/mol. The van der Waals surface area contributed by atoms with E-state index in [1.807, 2.05) is 36.4 Å². The third-order valence-corrected chi connectivity index (χ3v) is 5.15. The Morgan fingerprint density at radius 1 is 1.07 bits per heavy atom. The number of amides is 4. The number of nitrogens with zero attached hydrogens (tertiary/aromatic N) is 2. The SMILES string of the molecule is CN1C(=O)NC(=O)/C(=C\c2ccc3c(c2)CCCN3Cc2ccccc2)C1=O. The summed E-state index contributed by atoms with van der Waals surface area (Å²) in [4.78, 5) is 39.1. The number of rotatable bonds is 3. The van der Waals surface area contributed by atoms with Crippen molar-refractivity contribution in [3.8, 4) is 0 Å². The molecule has 1 saturated heterocycles. The van der Waals surface area contributed by atoms with Crippen LogP contribution in [0.4, 0.5) is 10.5 Å². The standard InChI is InChI=1S/C22H21N3O3/c1-24-21(27)18(20(26)23-22(24)28)13-16-9-10-19-17(12-16)8-5-11-25(19)14-15-6-3-2-4-7-15/h2-4,6-7,9-10,12-13H,5,8,11,14H2,1H3,(H,23,26,28)/b18-13+. The molecule has 0 spiro atoms. The van der Waals surface area contributed by atoms with Crippen LogP contribution in [0.25, 0.3) is 6.08 Å². The number of hydrogen-bond acceptors (Lipinski definition) is 4. The highest BCUT2D eigenvalue weighted by atomic mass is 16.2. The molecule has 1 N–H and O–H groups in total. The summed E-state index contributed by atoms with van der Waals surface area (Å²) in [6, 6.07) is 15.6. The van der Waals surface area contributed by atoms with E-state index in [9.17, 15) is 14.4 Å². The minimum absolute atomic E-state index is 0.0287. The highest BCUT2D eigenvalue weighted by Gasteiger charge is 2.33. The summed E-state index contributed by atoms with van der Waals surface area (Å²) in [5.41, 5.74) is 4.40. The zero-order valence-corrected chi connectivity index (χ0v) is 15.6. The van der Waals surface area contributed by atoms with Gasteiger partial charge in [-0.05, 0) is 47.7 Å². The van der Waals surface area contributed by atoms with Crippen molar-refractivity contribution in [3.05, 3.63) is 70.8 Å². The molecule has 0 aromatic heterocycles. The summed E-state index contributed by atoms with van der Waals surface area (Å²) in [6.07, 6.45) is 3.56. The van der Waals surface area contributed by atoms with Crippen LogP contribution in [0, 0.1) is 0 Å². The first-order valence-corrected chi connectivity index (χ1v) is 9.30. The summed E-state index contributed by atoms with van der Waals surface area (Å²) in [5, 5.41) is 2.18. The fourth-order valence-electron chi connectivity index (χ4n) is 3.67. The van der Waals surface area contributed by atoms with Crippen LogP contribution in [0.1, 0.15) is 23.1 Å². The maximum Gasteiger partial charge on any atom is 0.331 e. The Balaban J connectivity index is 1.61. The summed E-state index contributed by atoms with van der Waals surface area (Å²) in [7, 11) is 1.35. The fourth-order valence-corrected chi connectivity index (χ4v) is 3.67. The Morgan fingerprint density at radius 3 is 2.64 bits per heavy atom. The third kappa shape index (κ3) is 3.41. The lowest BCUT2D eigenvalue weighted by Gasteiger charge is -2.31. The summed E-state index contributed by atoms with van der Waals surface area (Å²) < 4.78 is 0. The lowest BCUT2D eigenvalue weighted by atomic mass is 9.97. The van der Waals surface area contributed by atoms with Crippen LogP contribution in [0.15, 0.2) is 54.1 Å². The molecule has 28 heavy (non-hydrogen) atoms. The minimum Gasteiger partial charge on any atom is -0.367 e. The Hall–Kier alpha value is -3.41. The van der Waals surface area contributed by atoms with Crippen LogP contribution in [0.2, 0.25) is 0 Å². The number of barbiturate groups is 1. The first-order chi connectivity index (χ1) is 13.5. The van der Waals surface area contributed by atoms with Gasteiger partial charge in [0.15, 0.2) is 0 Å². The molecule has 2 aromatic carbocycles. The average Bonchev–Trinajstić information content (AvgIpc) is 2.70. The van der Waals surface area contributed by atoms with Crippen LogP contribution in [0.3, 0.4) is 0 Å². The van der Waals surface area contributed by atoms with Gasteiger partial charge in [-0.25, -0.2) is 4.79 Å². The molecular weight excluding hydrogens is 354 g/mol. The van der Waals surface area contributed by atoms with Crippen molar-refractivity contribution in [2.45, 2.75) is 19.4 Å². The summed E-state index contributed by atoms with van der Waals surface area (Å²) in [6.45, 7) is 1.85. The van der Waals surface area contributed by atoms with Crippen LogP contribution in [-0.2, 0) is 22.6 Å². The number of hydrogen-bond donors (Lipinski definition) is 1. The minimum atomic E-state index is -0.700. The largest absolute Gasteiger partial charge is 0.367 e. The maximum absolute atomic E-state index is 12.3. The monoisotopic (exact) mass is 375 g/mol. The van der Waals surface area contributed by atoms with Gasteiger partial charge >= 0.3 is 6.03 Å². The lowest BCUT2D eigenvalue weighted by molar-refractivity contribution is -0.129. The second-order valence-electron chi connectivity index (χ2n) is 7.08. The molecule has 6 heteroatoms. The lowest BCUT2D eigenvalue weighted by Crippen LogP contribution is -2.52. The van der Waals surface area contributed by atoms with Crippen LogP contribution in [-0.4, -0.2) is 36.3 Å². The number of anilines is 1. The first-order valence-electron chi connectivity index (χ1n) is 9.30. The molecule has 4 amide bonds. The maximum atomic E-state index is 12.3. The van der Waals surface area contributed by atoms with Gasteiger partial charge < -0.3 is 4.90 Å². The summed E-state index contributed by atoms with van der Waals surface area (Å²) >= 11 is 0. The van der Waals surface area contributed by atoms with E-state index in [4.69, 9.17) is 0 Å². The Labute approximate surface area is 163 Å². The zero-order chi connectivity index (χ0) is 19.7. The van der Waals surface area contributed by atoms with Gasteiger partial charge in [0.1, 0.15) is 5.57 Å². The smallest absolute Gasteiger partial charge is 0.331 e. The Bertz CT molecular complexity index is 982. The van der Waals surface area contributed by atoms with Crippen molar-refractivity contribution in [1.29, 1.82) is 0 Å². The quantitative estimate of drug-likeness (QED) is 0.662. The molecular formula is C22H21N3O3. The van der Waals surface area contributed by atoms with Crippen molar-refractivity contribution in [2.24, 2.45) is 0 Å². The second kappa shape index (κ2) is 7.31. The number of aryl methyl sites for hydroxylation is 1. The van der Waals surface area contributed by atoms with Gasteiger partial charge in [0, 0.05) is 25.8 Å². The van der Waals surface area contributed by atoms with E-state index in [1.54, 1.807) is 6.08 Å². The van der Waals surface area contributed by atoms with Crippen LogP contribution in [0.5, 0.6) is 0 Å². The zero-order valence-electron chi connectivity index (χ0n) is 15.6. The third-order valence-electron chi connectivity index (χ3n) is 5.15. The van der Waals surface area contributed by atoms with E-state index in [1.165, 1.54) is 23.9 Å². The van der Waals surface area contributed by atoms with Crippen LogP contribution >= 0.6 is 0 Å². The molecule has 0 saturated carbocycles. The number of likely N-dealkylation sites (N-methyl/N-ethyl adjacent to an activating group) is 1. The topological polar surface area (TPSA) is 69.7 Å². The van der Waals surface area contributed by atoms with E-state index in [-0.39, 0.29) is 5.57 Å². The number of urea groups is 1. The molecule has 2 heterocycles. The Morgan fingerprint density at radius 2 is 1.86 bits per heavy atom. The number of nitrogens with one attached hydrogen (secondary N) is 1. The fraction of sp³-hybridized carbons (Fsp3) is 0.227. The highest BCUT2D eigenvalue weighted by Crippen LogP contribution is 2.30. The normalized spacial score (nSPS) is 18.3. The van der Waals surface area contributed by atoms with E-state index in [2.05, 4.69) is 22.3 Å². The van der Waals surface area contributed by atoms with Gasteiger partial charge in [0.25, 0.3) is 11.8 Å². The van der Waals surface area contributed by atoms with E-state index >= 15 is 0 Å². The molecule has 142 valence electrons. The van der Waals surface area contributed by atoms with Gasteiger partial charge in [-0.1, -0.05) is 36.4 Å². The molecule has 4 rings (SSSR count). The molecule has 0 radical (unpaired) electrons. The number of imide groups is 2. The predicted octanol–water partition coefficient (Wildman–Crippen LogP) is 2.73. The molecule has 2 aromatic rings. The first kappa shape index (κ1) is 18.0. The molecule has 0 bridgehead atoms. The number of benzene rings is 2. The van der Waals surface area contributed by atoms with Gasteiger partial charge in [0.2, 0.25) is 0 Å². The van der Waals surface area contributed by atoms with Gasteiger partial charge in [-0.2, -0.15) is 0 Å². The van der Waals surface area contributed by atoms with Crippen molar-refractivity contribution in [2.75, 3.05) is 18.5 Å². The molecule has 0 aliphatic carbocycles.